The number of nitrogens with zero attached hydrogens (tertiary/aromatic N) is 1. The molecule has 0 amide bonds. The molecule has 0 saturated heterocycles. The summed E-state index contributed by atoms with van der Waals surface area (Å²) in [6.45, 7) is 0. The lowest BCUT2D eigenvalue weighted by Crippen LogP contribution is -2.02. The number of hydrogen-bond acceptors (Lipinski definition) is 5. The van der Waals surface area contributed by atoms with Crippen molar-refractivity contribution in [3.63, 3.8) is 0 Å². The largest absolute Gasteiger partial charge is 0.463 e. The lowest BCUT2D eigenvalue weighted by Gasteiger charge is -1.99. The second kappa shape index (κ2) is 5.01. The first-order valence-corrected chi connectivity index (χ1v) is 5.34. The highest BCUT2D eigenvalue weighted by atomic mass is 35.5. The Morgan fingerprint density at radius 1 is 1.28 bits per heavy atom. The van der Waals surface area contributed by atoms with Crippen molar-refractivity contribution in [1.29, 1.82) is 0 Å². The molecule has 0 bridgehead atoms. The van der Waals surface area contributed by atoms with Crippen LogP contribution in [0.25, 0.3) is 0 Å². The summed E-state index contributed by atoms with van der Waals surface area (Å²) >= 11 is 5.80. The molecule has 0 atom stereocenters. The Bertz CT molecular complexity index is 606. The van der Waals surface area contributed by atoms with E-state index in [1.54, 1.807) is 6.07 Å². The third-order valence-corrected chi connectivity index (χ3v) is 2.52. The van der Waals surface area contributed by atoms with Crippen LogP contribution in [0.2, 0.25) is 5.15 Å². The standard InChI is InChI=1S/C12H8ClNO4/c1-17-12(16)9-5-4-8(18-9)10(15)7-3-2-6-14-11(7)13/h2-6H,1H3. The Morgan fingerprint density at radius 2 is 2.00 bits per heavy atom. The highest BCUT2D eigenvalue weighted by Gasteiger charge is 2.19. The molecule has 0 aromatic carbocycles. The summed E-state index contributed by atoms with van der Waals surface area (Å²) in [6.07, 6.45) is 1.47. The Hall–Kier alpha value is -2.14. The lowest BCUT2D eigenvalue weighted by molar-refractivity contribution is 0.0563. The van der Waals surface area contributed by atoms with E-state index in [0.29, 0.717) is 0 Å². The predicted molar refractivity (Wildman–Crippen MR) is 62.7 cm³/mol. The number of carbonyl (C=O) groups is 2. The van der Waals surface area contributed by atoms with Crippen LogP contribution >= 0.6 is 11.6 Å². The highest BCUT2D eigenvalue weighted by Crippen LogP contribution is 2.18. The van der Waals surface area contributed by atoms with Crippen LogP contribution in [0.15, 0.2) is 34.9 Å². The van der Waals surface area contributed by atoms with Crippen LogP contribution < -0.4 is 0 Å². The van der Waals surface area contributed by atoms with Crippen molar-refractivity contribution in [3.8, 4) is 0 Å². The molecule has 92 valence electrons. The lowest BCUT2D eigenvalue weighted by atomic mass is 10.1. The smallest absolute Gasteiger partial charge is 0.373 e. The minimum Gasteiger partial charge on any atom is -0.463 e. The second-order valence-electron chi connectivity index (χ2n) is 3.33. The maximum absolute atomic E-state index is 12.0. The Kier molecular flexibility index (Phi) is 3.43. The zero-order chi connectivity index (χ0) is 13.1. The van der Waals surface area contributed by atoms with Gasteiger partial charge in [0.25, 0.3) is 0 Å². The number of methoxy groups -OCH3 is 1. The molecule has 0 radical (unpaired) electrons. The van der Waals surface area contributed by atoms with E-state index in [1.807, 2.05) is 0 Å². The first kappa shape index (κ1) is 12.3. The molecular formula is C12H8ClNO4. The van der Waals surface area contributed by atoms with E-state index in [2.05, 4.69) is 9.72 Å². The first-order chi connectivity index (χ1) is 8.63. The van der Waals surface area contributed by atoms with Gasteiger partial charge >= 0.3 is 5.97 Å². The quantitative estimate of drug-likeness (QED) is 0.484. The van der Waals surface area contributed by atoms with Crippen LogP contribution in [0, 0.1) is 0 Å². The molecule has 18 heavy (non-hydrogen) atoms. The van der Waals surface area contributed by atoms with Gasteiger partial charge in [0.2, 0.25) is 11.5 Å². The Morgan fingerprint density at radius 3 is 2.67 bits per heavy atom. The molecule has 2 aromatic rings. The fourth-order valence-electron chi connectivity index (χ4n) is 1.36. The maximum atomic E-state index is 12.0. The zero-order valence-electron chi connectivity index (χ0n) is 9.34. The number of furan rings is 1. The van der Waals surface area contributed by atoms with Crippen LogP contribution in [0.4, 0.5) is 0 Å². The normalized spacial score (nSPS) is 10.1. The minimum atomic E-state index is -0.647. The molecular weight excluding hydrogens is 258 g/mol. The van der Waals surface area contributed by atoms with Gasteiger partial charge in [0.05, 0.1) is 12.7 Å². The number of aromatic nitrogens is 1. The monoisotopic (exact) mass is 265 g/mol. The summed E-state index contributed by atoms with van der Waals surface area (Å²) in [6, 6.07) is 5.86. The average molecular weight is 266 g/mol. The van der Waals surface area contributed by atoms with E-state index >= 15 is 0 Å². The molecule has 0 N–H and O–H groups in total. The third-order valence-electron chi connectivity index (χ3n) is 2.22. The maximum Gasteiger partial charge on any atom is 0.373 e. The topological polar surface area (TPSA) is 69.4 Å². The Labute approximate surface area is 107 Å². The summed E-state index contributed by atoms with van der Waals surface area (Å²) in [5, 5.41) is 0.0820. The minimum absolute atomic E-state index is 0.00491. The van der Waals surface area contributed by atoms with E-state index in [4.69, 9.17) is 16.0 Å². The average Bonchev–Trinajstić information content (AvgIpc) is 2.87. The van der Waals surface area contributed by atoms with Gasteiger partial charge < -0.3 is 9.15 Å². The molecule has 6 heteroatoms. The number of ether oxygens (including phenoxy) is 1. The van der Waals surface area contributed by atoms with Crippen molar-refractivity contribution >= 4 is 23.4 Å². The van der Waals surface area contributed by atoms with Crippen LogP contribution in [0.5, 0.6) is 0 Å². The second-order valence-corrected chi connectivity index (χ2v) is 3.68. The van der Waals surface area contributed by atoms with Crippen molar-refractivity contribution < 1.29 is 18.7 Å². The van der Waals surface area contributed by atoms with Crippen LogP contribution in [0.1, 0.15) is 26.7 Å². The van der Waals surface area contributed by atoms with Crippen molar-refractivity contribution in [2.75, 3.05) is 7.11 Å². The van der Waals surface area contributed by atoms with Gasteiger partial charge in [0.1, 0.15) is 5.15 Å². The molecule has 2 rings (SSSR count). The van der Waals surface area contributed by atoms with Gasteiger partial charge in [0.15, 0.2) is 5.76 Å². The summed E-state index contributed by atoms with van der Waals surface area (Å²) < 4.78 is 9.57. The molecule has 0 saturated carbocycles. The molecule has 0 aliphatic carbocycles. The van der Waals surface area contributed by atoms with Crippen molar-refractivity contribution in [3.05, 3.63) is 52.7 Å². The van der Waals surface area contributed by atoms with Gasteiger partial charge in [0, 0.05) is 6.20 Å². The highest BCUT2D eigenvalue weighted by molar-refractivity contribution is 6.33. The number of rotatable bonds is 3. The van der Waals surface area contributed by atoms with E-state index in [-0.39, 0.29) is 22.2 Å². The number of halogens is 1. The molecule has 2 aromatic heterocycles. The summed E-state index contributed by atoms with van der Waals surface area (Å²) in [7, 11) is 1.23. The Balaban J connectivity index is 2.33. The number of carbonyl (C=O) groups excluding carboxylic acids is 2. The van der Waals surface area contributed by atoms with Crippen LogP contribution in [-0.2, 0) is 4.74 Å². The van der Waals surface area contributed by atoms with Crippen LogP contribution in [0.3, 0.4) is 0 Å². The summed E-state index contributed by atoms with van der Waals surface area (Å²) in [5.41, 5.74) is 0.213. The number of ketones is 1. The molecule has 0 fully saturated rings. The van der Waals surface area contributed by atoms with Gasteiger partial charge in [-0.25, -0.2) is 9.78 Å². The molecule has 0 aliphatic heterocycles. The van der Waals surface area contributed by atoms with Crippen molar-refractivity contribution in [1.82, 2.24) is 4.98 Å². The van der Waals surface area contributed by atoms with Gasteiger partial charge in [-0.15, -0.1) is 0 Å². The molecule has 2 heterocycles. The van der Waals surface area contributed by atoms with Gasteiger partial charge in [-0.05, 0) is 24.3 Å². The van der Waals surface area contributed by atoms with E-state index in [0.717, 1.165) is 0 Å². The molecule has 0 unspecified atom stereocenters. The predicted octanol–water partition coefficient (Wildman–Crippen LogP) is 2.35. The summed E-state index contributed by atoms with van der Waals surface area (Å²) in [5.74, 6) is -1.12. The van der Waals surface area contributed by atoms with Gasteiger partial charge in [-0.2, -0.15) is 0 Å². The fraction of sp³-hybridized carbons (Fsp3) is 0.0833. The molecule has 5 nitrogen and oxygen atoms in total. The molecule has 0 spiro atoms. The van der Waals surface area contributed by atoms with E-state index in [9.17, 15) is 9.59 Å². The van der Waals surface area contributed by atoms with Crippen molar-refractivity contribution in [2.24, 2.45) is 0 Å². The number of hydrogen-bond donors (Lipinski definition) is 0. The van der Waals surface area contributed by atoms with Crippen molar-refractivity contribution in [2.45, 2.75) is 0 Å². The van der Waals surface area contributed by atoms with E-state index in [1.165, 1.54) is 31.5 Å². The molecule has 0 aliphatic rings. The van der Waals surface area contributed by atoms with Gasteiger partial charge in [-0.1, -0.05) is 11.6 Å². The van der Waals surface area contributed by atoms with Crippen LogP contribution in [-0.4, -0.2) is 23.8 Å². The first-order valence-electron chi connectivity index (χ1n) is 4.97. The zero-order valence-corrected chi connectivity index (χ0v) is 10.1. The number of pyridine rings is 1. The summed E-state index contributed by atoms with van der Waals surface area (Å²) in [4.78, 5) is 27.0. The SMILES string of the molecule is COC(=O)c1ccc(C(=O)c2cccnc2Cl)o1. The fourth-order valence-corrected chi connectivity index (χ4v) is 1.56. The third kappa shape index (κ3) is 2.26. The van der Waals surface area contributed by atoms with Gasteiger partial charge in [-0.3, -0.25) is 4.79 Å². The van der Waals surface area contributed by atoms with E-state index < -0.39 is 11.8 Å². The number of esters is 1.